The number of Topliss-reactive ketones (excluding diaryl/α,β-unsaturated/α-hetero) is 1. The number of ketones is 1. The van der Waals surface area contributed by atoms with Crippen molar-refractivity contribution in [3.63, 3.8) is 0 Å². The summed E-state index contributed by atoms with van der Waals surface area (Å²) in [7, 11) is 1.62. The number of aliphatic hydroxyl groups is 1. The Balaban J connectivity index is 1.54. The van der Waals surface area contributed by atoms with Gasteiger partial charge in [-0.1, -0.05) is 42.0 Å². The predicted octanol–water partition coefficient (Wildman–Crippen LogP) is 5.55. The van der Waals surface area contributed by atoms with Gasteiger partial charge in [-0.3, -0.25) is 9.59 Å². The smallest absolute Gasteiger partial charge is 0.295 e. The van der Waals surface area contributed by atoms with Crippen LogP contribution >= 0.6 is 0 Å². The number of ether oxygens (including phenoxy) is 2. The third-order valence-electron chi connectivity index (χ3n) is 6.97. The van der Waals surface area contributed by atoms with Crippen LogP contribution in [0.1, 0.15) is 35.2 Å². The monoisotopic (exact) mass is 510 g/mol. The number of benzene rings is 3. The highest BCUT2D eigenvalue weighted by atomic mass is 16.5. The number of fused-ring (bicyclic) bond motifs is 1. The second-order valence-corrected chi connectivity index (χ2v) is 9.34. The molecule has 0 bridgehead atoms. The van der Waals surface area contributed by atoms with Crippen LogP contribution < -0.4 is 9.47 Å². The van der Waals surface area contributed by atoms with Crippen molar-refractivity contribution in [1.29, 1.82) is 0 Å². The van der Waals surface area contributed by atoms with Crippen LogP contribution in [0.2, 0.25) is 0 Å². The van der Waals surface area contributed by atoms with Crippen molar-refractivity contribution in [1.82, 2.24) is 9.88 Å². The van der Waals surface area contributed by atoms with Crippen LogP contribution in [0.3, 0.4) is 0 Å². The number of nitrogens with one attached hydrogen (secondary N) is 1. The molecule has 0 saturated carbocycles. The molecule has 2 N–H and O–H groups in total. The highest BCUT2D eigenvalue weighted by Gasteiger charge is 2.45. The number of aromatic amines is 1. The van der Waals surface area contributed by atoms with Gasteiger partial charge in [-0.25, -0.2) is 0 Å². The molecule has 1 unspecified atom stereocenters. The van der Waals surface area contributed by atoms with Crippen molar-refractivity contribution in [2.24, 2.45) is 0 Å². The van der Waals surface area contributed by atoms with Gasteiger partial charge in [0, 0.05) is 29.2 Å². The molecule has 4 aromatic rings. The van der Waals surface area contributed by atoms with E-state index in [0.717, 1.165) is 33.3 Å². The van der Waals surface area contributed by atoms with Gasteiger partial charge in [0.05, 0.1) is 25.3 Å². The van der Waals surface area contributed by atoms with Crippen molar-refractivity contribution in [3.8, 4) is 11.5 Å². The number of hydrogen-bond acceptors (Lipinski definition) is 5. The molecule has 1 amide bonds. The zero-order chi connectivity index (χ0) is 26.8. The van der Waals surface area contributed by atoms with E-state index in [9.17, 15) is 14.7 Å². The van der Waals surface area contributed by atoms with Gasteiger partial charge in [-0.15, -0.1) is 0 Å². The van der Waals surface area contributed by atoms with Crippen molar-refractivity contribution in [2.75, 3.05) is 20.3 Å². The maximum Gasteiger partial charge on any atom is 0.295 e. The molecule has 1 aliphatic heterocycles. The first-order valence-electron chi connectivity index (χ1n) is 12.6. The van der Waals surface area contributed by atoms with Crippen LogP contribution in [0.4, 0.5) is 0 Å². The summed E-state index contributed by atoms with van der Waals surface area (Å²) in [5.74, 6) is -0.0650. The topological polar surface area (TPSA) is 91.9 Å². The van der Waals surface area contributed by atoms with Crippen molar-refractivity contribution < 1.29 is 24.2 Å². The van der Waals surface area contributed by atoms with E-state index in [4.69, 9.17) is 9.47 Å². The van der Waals surface area contributed by atoms with E-state index < -0.39 is 17.7 Å². The number of methoxy groups -OCH3 is 1. The minimum atomic E-state index is -0.730. The molecule has 1 aromatic heterocycles. The summed E-state index contributed by atoms with van der Waals surface area (Å²) in [4.78, 5) is 31.5. The Bertz CT molecular complexity index is 1520. The number of rotatable bonds is 8. The SMILES string of the molecule is CCOc1ccc(C2/C(=C(/O)c3ccc(C)cc3)C(=O)C(=O)N2CCc2c[nH]c3ccc(OC)cc23)cc1. The molecule has 0 spiro atoms. The number of likely N-dealkylation sites (tertiary alicyclic amines) is 1. The molecule has 1 saturated heterocycles. The lowest BCUT2D eigenvalue weighted by atomic mass is 9.95. The Labute approximate surface area is 221 Å². The highest BCUT2D eigenvalue weighted by molar-refractivity contribution is 6.46. The van der Waals surface area contributed by atoms with E-state index in [-0.39, 0.29) is 17.9 Å². The van der Waals surface area contributed by atoms with Crippen molar-refractivity contribution in [3.05, 3.63) is 101 Å². The zero-order valence-electron chi connectivity index (χ0n) is 21.7. The number of amides is 1. The first kappa shape index (κ1) is 25.1. The van der Waals surface area contributed by atoms with E-state index in [1.54, 1.807) is 24.1 Å². The van der Waals surface area contributed by atoms with E-state index in [1.807, 2.05) is 74.6 Å². The highest BCUT2D eigenvalue weighted by Crippen LogP contribution is 2.40. The number of carbonyl (C=O) groups excluding carboxylic acids is 2. The second kappa shape index (κ2) is 10.5. The van der Waals surface area contributed by atoms with Crippen molar-refractivity contribution in [2.45, 2.75) is 26.3 Å². The third-order valence-corrected chi connectivity index (χ3v) is 6.97. The number of carbonyl (C=O) groups is 2. The molecular formula is C31H30N2O5. The molecular weight excluding hydrogens is 480 g/mol. The number of aryl methyl sites for hydroxylation is 1. The molecule has 3 aromatic carbocycles. The van der Waals surface area contributed by atoms with Gasteiger partial charge < -0.3 is 24.5 Å². The predicted molar refractivity (Wildman–Crippen MR) is 146 cm³/mol. The molecule has 5 rings (SSSR count). The molecule has 7 heteroatoms. The first-order chi connectivity index (χ1) is 18.4. The summed E-state index contributed by atoms with van der Waals surface area (Å²) in [6.07, 6.45) is 2.43. The minimum Gasteiger partial charge on any atom is -0.507 e. The van der Waals surface area contributed by atoms with Crippen LogP contribution in [0, 0.1) is 6.92 Å². The lowest BCUT2D eigenvalue weighted by Crippen LogP contribution is -2.31. The summed E-state index contributed by atoms with van der Waals surface area (Å²) in [6, 6.07) is 19.6. The Kier molecular flexibility index (Phi) is 6.92. The van der Waals surface area contributed by atoms with Gasteiger partial charge in [0.2, 0.25) is 0 Å². The zero-order valence-corrected chi connectivity index (χ0v) is 21.7. The van der Waals surface area contributed by atoms with Gasteiger partial charge in [0.15, 0.2) is 0 Å². The number of aromatic nitrogens is 1. The van der Waals surface area contributed by atoms with E-state index in [2.05, 4.69) is 4.98 Å². The summed E-state index contributed by atoms with van der Waals surface area (Å²) < 4.78 is 11.0. The molecule has 38 heavy (non-hydrogen) atoms. The Morgan fingerprint density at radius 1 is 1.00 bits per heavy atom. The minimum absolute atomic E-state index is 0.0867. The van der Waals surface area contributed by atoms with Gasteiger partial charge in [0.25, 0.3) is 11.7 Å². The standard InChI is InChI=1S/C31H30N2O5/c1-4-38-23-11-9-20(10-12-23)28-27(29(34)21-7-5-19(2)6-8-21)30(35)31(36)33(28)16-15-22-18-32-26-14-13-24(37-3)17-25(22)26/h5-14,17-18,28,32,34H,4,15-16H2,1-3H3/b29-27-. The molecule has 7 nitrogen and oxygen atoms in total. The average molecular weight is 511 g/mol. The molecule has 0 radical (unpaired) electrons. The number of hydrogen-bond donors (Lipinski definition) is 2. The fraction of sp³-hybridized carbons (Fsp3) is 0.226. The largest absolute Gasteiger partial charge is 0.507 e. The van der Waals surface area contributed by atoms with E-state index in [0.29, 0.717) is 24.3 Å². The maximum atomic E-state index is 13.4. The second-order valence-electron chi connectivity index (χ2n) is 9.34. The third kappa shape index (κ3) is 4.63. The van der Waals surface area contributed by atoms with Gasteiger partial charge >= 0.3 is 0 Å². The Hall–Kier alpha value is -4.52. The number of nitrogens with zero attached hydrogens (tertiary/aromatic N) is 1. The molecule has 1 atom stereocenters. The average Bonchev–Trinajstić information content (AvgIpc) is 3.45. The van der Waals surface area contributed by atoms with Crippen LogP contribution in [-0.4, -0.2) is 46.9 Å². The van der Waals surface area contributed by atoms with E-state index in [1.165, 1.54) is 0 Å². The Morgan fingerprint density at radius 3 is 2.39 bits per heavy atom. The van der Waals surface area contributed by atoms with Crippen LogP contribution in [-0.2, 0) is 16.0 Å². The van der Waals surface area contributed by atoms with Crippen LogP contribution in [0.5, 0.6) is 11.5 Å². The first-order valence-corrected chi connectivity index (χ1v) is 12.6. The van der Waals surface area contributed by atoms with Gasteiger partial charge in [-0.2, -0.15) is 0 Å². The number of aliphatic hydroxyl groups excluding tert-OH is 1. The maximum absolute atomic E-state index is 13.4. The van der Waals surface area contributed by atoms with Crippen molar-refractivity contribution >= 4 is 28.4 Å². The fourth-order valence-electron chi connectivity index (χ4n) is 4.97. The van der Waals surface area contributed by atoms with Gasteiger partial charge in [-0.05, 0) is 61.7 Å². The molecule has 194 valence electrons. The summed E-state index contributed by atoms with van der Waals surface area (Å²) in [5, 5.41) is 12.3. The molecule has 0 aliphatic carbocycles. The Morgan fingerprint density at radius 2 is 1.71 bits per heavy atom. The lowest BCUT2D eigenvalue weighted by Gasteiger charge is -2.25. The molecule has 1 aliphatic rings. The normalized spacial score (nSPS) is 16.8. The summed E-state index contributed by atoms with van der Waals surface area (Å²) in [6.45, 7) is 4.67. The number of H-pyrrole nitrogens is 1. The fourth-order valence-corrected chi connectivity index (χ4v) is 4.97. The lowest BCUT2D eigenvalue weighted by molar-refractivity contribution is -0.139. The summed E-state index contributed by atoms with van der Waals surface area (Å²) >= 11 is 0. The molecule has 1 fully saturated rings. The summed E-state index contributed by atoms with van der Waals surface area (Å²) in [5.41, 5.74) is 4.30. The molecule has 2 heterocycles. The quantitative estimate of drug-likeness (QED) is 0.184. The van der Waals surface area contributed by atoms with E-state index >= 15 is 0 Å². The van der Waals surface area contributed by atoms with Crippen LogP contribution in [0.25, 0.3) is 16.7 Å². The van der Waals surface area contributed by atoms with Gasteiger partial charge in [0.1, 0.15) is 17.3 Å². The van der Waals surface area contributed by atoms with Crippen LogP contribution in [0.15, 0.2) is 78.5 Å².